The van der Waals surface area contributed by atoms with Gasteiger partial charge < -0.3 is 0 Å². The molecule has 0 aliphatic carbocycles. The number of halogens is 1. The summed E-state index contributed by atoms with van der Waals surface area (Å²) < 4.78 is 3.01. The third-order valence-electron chi connectivity index (χ3n) is 2.92. The Bertz CT molecular complexity index is 324. The Labute approximate surface area is 106 Å². The van der Waals surface area contributed by atoms with E-state index >= 15 is 0 Å². The molecule has 0 spiro atoms. The first-order valence-electron chi connectivity index (χ1n) is 5.82. The third kappa shape index (κ3) is 2.84. The van der Waals surface area contributed by atoms with Crippen molar-refractivity contribution in [3.8, 4) is 0 Å². The van der Waals surface area contributed by atoms with Crippen LogP contribution in [0.15, 0.2) is 10.7 Å². The summed E-state index contributed by atoms with van der Waals surface area (Å²) in [6.45, 7) is 7.35. The molecule has 1 rings (SSSR count). The van der Waals surface area contributed by atoms with E-state index in [-0.39, 0.29) is 6.04 Å². The Morgan fingerprint density at radius 3 is 2.75 bits per heavy atom. The van der Waals surface area contributed by atoms with E-state index in [0.717, 1.165) is 29.6 Å². The molecule has 2 atom stereocenters. The van der Waals surface area contributed by atoms with E-state index in [1.54, 1.807) is 0 Å². The van der Waals surface area contributed by atoms with Gasteiger partial charge in [-0.25, -0.2) is 0 Å². The monoisotopic (exact) mass is 288 g/mol. The van der Waals surface area contributed by atoms with Gasteiger partial charge in [0, 0.05) is 6.54 Å². The predicted molar refractivity (Wildman–Crippen MR) is 69.7 cm³/mol. The molecule has 0 aliphatic heterocycles. The largest absolute Gasteiger partial charge is 0.271 e. The summed E-state index contributed by atoms with van der Waals surface area (Å²) in [5, 5.41) is 4.32. The summed E-state index contributed by atoms with van der Waals surface area (Å²) in [7, 11) is 0. The second-order valence-electron chi connectivity index (χ2n) is 4.10. The van der Waals surface area contributed by atoms with E-state index in [1.807, 2.05) is 10.9 Å². The molecule has 4 nitrogen and oxygen atoms in total. The molecule has 1 heterocycles. The fourth-order valence-corrected chi connectivity index (χ4v) is 2.61. The average Bonchev–Trinajstić information content (AvgIpc) is 2.62. The summed E-state index contributed by atoms with van der Waals surface area (Å²) in [6, 6.07) is 0.150. The van der Waals surface area contributed by atoms with Crippen LogP contribution in [-0.2, 0) is 6.54 Å². The molecule has 3 N–H and O–H groups in total. The minimum Gasteiger partial charge on any atom is -0.271 e. The summed E-state index contributed by atoms with van der Waals surface area (Å²) in [4.78, 5) is 0. The van der Waals surface area contributed by atoms with Crippen molar-refractivity contribution in [3.63, 3.8) is 0 Å². The minimum atomic E-state index is 0.150. The zero-order chi connectivity index (χ0) is 12.1. The van der Waals surface area contributed by atoms with Gasteiger partial charge in [-0.3, -0.25) is 16.0 Å². The molecule has 0 radical (unpaired) electrons. The standard InChI is InChI=1S/C11H21BrN4/c1-4-6-8(3)10(15-13)11-9(12)7-14-16(11)5-2/h7-8,10,15H,4-6,13H2,1-3H3. The van der Waals surface area contributed by atoms with Crippen molar-refractivity contribution in [1.82, 2.24) is 15.2 Å². The van der Waals surface area contributed by atoms with Crippen molar-refractivity contribution in [3.05, 3.63) is 16.4 Å². The molecule has 0 bridgehead atoms. The SMILES string of the molecule is CCCC(C)C(NN)c1c(Br)cnn1CC. The molecular weight excluding hydrogens is 268 g/mol. The van der Waals surface area contributed by atoms with Crippen molar-refractivity contribution in [2.45, 2.75) is 46.2 Å². The van der Waals surface area contributed by atoms with Crippen LogP contribution >= 0.6 is 15.9 Å². The van der Waals surface area contributed by atoms with E-state index in [0.29, 0.717) is 5.92 Å². The molecule has 16 heavy (non-hydrogen) atoms. The highest BCUT2D eigenvalue weighted by molar-refractivity contribution is 9.10. The zero-order valence-corrected chi connectivity index (χ0v) is 11.8. The van der Waals surface area contributed by atoms with Gasteiger partial charge in [0.15, 0.2) is 0 Å². The highest BCUT2D eigenvalue weighted by Gasteiger charge is 2.23. The molecule has 0 aromatic carbocycles. The topological polar surface area (TPSA) is 55.9 Å². The van der Waals surface area contributed by atoms with Gasteiger partial charge in [0.1, 0.15) is 0 Å². The van der Waals surface area contributed by atoms with Crippen molar-refractivity contribution in [2.75, 3.05) is 0 Å². The number of hydrazine groups is 1. The van der Waals surface area contributed by atoms with Crippen LogP contribution in [-0.4, -0.2) is 9.78 Å². The summed E-state index contributed by atoms with van der Waals surface area (Å²) in [6.07, 6.45) is 4.15. The molecule has 0 saturated carbocycles. The molecule has 0 aliphatic rings. The lowest BCUT2D eigenvalue weighted by Gasteiger charge is -2.24. The highest BCUT2D eigenvalue weighted by atomic mass is 79.9. The van der Waals surface area contributed by atoms with Crippen molar-refractivity contribution >= 4 is 15.9 Å². The van der Waals surface area contributed by atoms with E-state index < -0.39 is 0 Å². The van der Waals surface area contributed by atoms with E-state index in [1.165, 1.54) is 0 Å². The van der Waals surface area contributed by atoms with Crippen molar-refractivity contribution in [2.24, 2.45) is 11.8 Å². The summed E-state index contributed by atoms with van der Waals surface area (Å²) in [5.41, 5.74) is 4.06. The van der Waals surface area contributed by atoms with Crippen LogP contribution in [0.1, 0.15) is 45.3 Å². The lowest BCUT2D eigenvalue weighted by Crippen LogP contribution is -2.34. The molecule has 0 amide bonds. The smallest absolute Gasteiger partial charge is 0.0711 e. The van der Waals surface area contributed by atoms with Gasteiger partial charge in [0.05, 0.1) is 22.4 Å². The second-order valence-corrected chi connectivity index (χ2v) is 4.96. The van der Waals surface area contributed by atoms with Gasteiger partial charge in [-0.15, -0.1) is 0 Å². The summed E-state index contributed by atoms with van der Waals surface area (Å²) >= 11 is 3.54. The van der Waals surface area contributed by atoms with E-state index in [4.69, 9.17) is 5.84 Å². The second kappa shape index (κ2) is 6.37. The number of nitrogens with one attached hydrogen (secondary N) is 1. The molecule has 0 fully saturated rings. The zero-order valence-electron chi connectivity index (χ0n) is 10.2. The van der Waals surface area contributed by atoms with E-state index in [2.05, 4.69) is 47.2 Å². The van der Waals surface area contributed by atoms with Gasteiger partial charge in [0.2, 0.25) is 0 Å². The maximum atomic E-state index is 5.68. The maximum Gasteiger partial charge on any atom is 0.0711 e. The molecule has 2 unspecified atom stereocenters. The first kappa shape index (κ1) is 13.7. The van der Waals surface area contributed by atoms with Crippen LogP contribution in [0, 0.1) is 5.92 Å². The van der Waals surface area contributed by atoms with Gasteiger partial charge in [0.25, 0.3) is 0 Å². The Morgan fingerprint density at radius 1 is 1.56 bits per heavy atom. The molecule has 5 heteroatoms. The van der Waals surface area contributed by atoms with Gasteiger partial charge in [-0.05, 0) is 35.2 Å². The van der Waals surface area contributed by atoms with Crippen LogP contribution in [0.5, 0.6) is 0 Å². The Kier molecular flexibility index (Phi) is 5.44. The number of rotatable bonds is 6. The first-order chi connectivity index (χ1) is 7.65. The molecular formula is C11H21BrN4. The maximum absolute atomic E-state index is 5.68. The Balaban J connectivity index is 2.97. The number of hydrogen-bond donors (Lipinski definition) is 2. The molecule has 0 saturated heterocycles. The third-order valence-corrected chi connectivity index (χ3v) is 3.53. The molecule has 1 aromatic rings. The number of aryl methyl sites for hydroxylation is 1. The van der Waals surface area contributed by atoms with Crippen LogP contribution in [0.2, 0.25) is 0 Å². The number of nitrogens with zero attached hydrogens (tertiary/aromatic N) is 2. The number of hydrogen-bond acceptors (Lipinski definition) is 3. The average molecular weight is 289 g/mol. The lowest BCUT2D eigenvalue weighted by molar-refractivity contribution is 0.346. The quantitative estimate of drug-likeness (QED) is 0.625. The van der Waals surface area contributed by atoms with Crippen LogP contribution in [0.3, 0.4) is 0 Å². The van der Waals surface area contributed by atoms with Crippen molar-refractivity contribution < 1.29 is 0 Å². The van der Waals surface area contributed by atoms with Crippen LogP contribution in [0.25, 0.3) is 0 Å². The van der Waals surface area contributed by atoms with Gasteiger partial charge in [-0.1, -0.05) is 20.3 Å². The van der Waals surface area contributed by atoms with E-state index in [9.17, 15) is 0 Å². The number of aromatic nitrogens is 2. The Hall–Kier alpha value is -0.390. The van der Waals surface area contributed by atoms with Gasteiger partial charge >= 0.3 is 0 Å². The minimum absolute atomic E-state index is 0.150. The first-order valence-corrected chi connectivity index (χ1v) is 6.62. The lowest BCUT2D eigenvalue weighted by atomic mass is 9.95. The predicted octanol–water partition coefficient (Wildman–Crippen LogP) is 2.61. The molecule has 92 valence electrons. The molecule has 1 aromatic heterocycles. The normalized spacial score (nSPS) is 15.1. The van der Waals surface area contributed by atoms with Crippen LogP contribution < -0.4 is 11.3 Å². The summed E-state index contributed by atoms with van der Waals surface area (Å²) in [5.74, 6) is 6.17. The fourth-order valence-electron chi connectivity index (χ4n) is 2.07. The number of nitrogens with two attached hydrogens (primary N) is 1. The Morgan fingerprint density at radius 2 is 2.25 bits per heavy atom. The van der Waals surface area contributed by atoms with Gasteiger partial charge in [-0.2, -0.15) is 5.10 Å². The van der Waals surface area contributed by atoms with Crippen molar-refractivity contribution in [1.29, 1.82) is 0 Å². The fraction of sp³-hybridized carbons (Fsp3) is 0.727. The van der Waals surface area contributed by atoms with Crippen LogP contribution in [0.4, 0.5) is 0 Å². The highest BCUT2D eigenvalue weighted by Crippen LogP contribution is 2.30.